The first-order valence-corrected chi connectivity index (χ1v) is 9.94. The summed E-state index contributed by atoms with van der Waals surface area (Å²) in [5.41, 5.74) is 2.70. The predicted octanol–water partition coefficient (Wildman–Crippen LogP) is 4.06. The van der Waals surface area contributed by atoms with Crippen molar-refractivity contribution in [1.82, 2.24) is 10.6 Å². The van der Waals surface area contributed by atoms with Gasteiger partial charge in [-0.05, 0) is 46.7 Å². The molecule has 0 aliphatic carbocycles. The van der Waals surface area contributed by atoms with E-state index in [1.54, 1.807) is 7.11 Å². The van der Waals surface area contributed by atoms with Gasteiger partial charge in [-0.15, -0.1) is 0 Å². The highest BCUT2D eigenvalue weighted by Gasteiger charge is 2.24. The van der Waals surface area contributed by atoms with Gasteiger partial charge in [0.25, 0.3) is 5.91 Å². The highest BCUT2D eigenvalue weighted by atomic mass is 16.5. The third kappa shape index (κ3) is 6.34. The van der Waals surface area contributed by atoms with Crippen LogP contribution in [0.2, 0.25) is 0 Å². The second-order valence-electron chi connectivity index (χ2n) is 8.59. The van der Waals surface area contributed by atoms with E-state index in [1.165, 1.54) is 0 Å². The number of hydrogen-bond acceptors (Lipinski definition) is 3. The Balaban J connectivity index is 2.00. The van der Waals surface area contributed by atoms with Crippen molar-refractivity contribution in [1.29, 1.82) is 0 Å². The van der Waals surface area contributed by atoms with Crippen molar-refractivity contribution in [2.24, 2.45) is 5.92 Å². The lowest BCUT2D eigenvalue weighted by Gasteiger charge is -2.22. The monoisotopic (exact) mass is 396 g/mol. The molecule has 0 heterocycles. The summed E-state index contributed by atoms with van der Waals surface area (Å²) < 4.78 is 5.14. The van der Waals surface area contributed by atoms with Crippen LogP contribution in [0.5, 0.6) is 5.75 Å². The summed E-state index contributed by atoms with van der Waals surface area (Å²) in [5, 5.41) is 5.78. The standard InChI is InChI=1S/C24H32N2O3/c1-16(2)21(23(28)25-15-17-7-13-20(29-6)14-8-17)26-22(27)18-9-11-19(12-10-18)24(3,4)5/h7-14,16,21H,15H2,1-6H3,(H,25,28)(H,26,27)/t21-/m0/s1. The predicted molar refractivity (Wildman–Crippen MR) is 116 cm³/mol. The van der Waals surface area contributed by atoms with Crippen molar-refractivity contribution in [3.05, 3.63) is 65.2 Å². The van der Waals surface area contributed by atoms with Crippen LogP contribution in [-0.2, 0) is 16.8 Å². The van der Waals surface area contributed by atoms with Crippen LogP contribution in [-0.4, -0.2) is 25.0 Å². The van der Waals surface area contributed by atoms with Gasteiger partial charge in [-0.3, -0.25) is 9.59 Å². The lowest BCUT2D eigenvalue weighted by Crippen LogP contribution is -2.49. The Bertz CT molecular complexity index is 819. The number of amides is 2. The molecular weight excluding hydrogens is 364 g/mol. The summed E-state index contributed by atoms with van der Waals surface area (Å²) in [6.07, 6.45) is 0. The van der Waals surface area contributed by atoms with Crippen molar-refractivity contribution < 1.29 is 14.3 Å². The van der Waals surface area contributed by atoms with Crippen LogP contribution in [0.25, 0.3) is 0 Å². The van der Waals surface area contributed by atoms with E-state index in [0.717, 1.165) is 16.9 Å². The van der Waals surface area contributed by atoms with Gasteiger partial charge in [0, 0.05) is 12.1 Å². The van der Waals surface area contributed by atoms with Gasteiger partial charge in [-0.1, -0.05) is 58.9 Å². The molecule has 0 saturated heterocycles. The zero-order chi connectivity index (χ0) is 21.6. The molecule has 0 radical (unpaired) electrons. The molecule has 0 aliphatic heterocycles. The number of ether oxygens (including phenoxy) is 1. The van der Waals surface area contributed by atoms with Crippen molar-refractivity contribution >= 4 is 11.8 Å². The normalized spacial score (nSPS) is 12.4. The minimum atomic E-state index is -0.608. The number of carbonyl (C=O) groups excluding carboxylic acids is 2. The Morgan fingerprint density at radius 3 is 2.03 bits per heavy atom. The van der Waals surface area contributed by atoms with E-state index in [-0.39, 0.29) is 23.1 Å². The summed E-state index contributed by atoms with van der Waals surface area (Å²) in [7, 11) is 1.61. The van der Waals surface area contributed by atoms with Gasteiger partial charge in [0.2, 0.25) is 5.91 Å². The maximum Gasteiger partial charge on any atom is 0.251 e. The van der Waals surface area contributed by atoms with Crippen LogP contribution < -0.4 is 15.4 Å². The number of nitrogens with one attached hydrogen (secondary N) is 2. The van der Waals surface area contributed by atoms with E-state index in [1.807, 2.05) is 62.4 Å². The average molecular weight is 397 g/mol. The molecule has 2 amide bonds. The summed E-state index contributed by atoms with van der Waals surface area (Å²) >= 11 is 0. The minimum absolute atomic E-state index is 0.0246. The van der Waals surface area contributed by atoms with E-state index >= 15 is 0 Å². The molecule has 29 heavy (non-hydrogen) atoms. The summed E-state index contributed by atoms with van der Waals surface area (Å²) in [5.74, 6) is 0.285. The van der Waals surface area contributed by atoms with Gasteiger partial charge >= 0.3 is 0 Å². The number of rotatable bonds is 7. The Morgan fingerprint density at radius 1 is 0.966 bits per heavy atom. The zero-order valence-electron chi connectivity index (χ0n) is 18.2. The smallest absolute Gasteiger partial charge is 0.251 e. The van der Waals surface area contributed by atoms with Crippen LogP contribution in [0.15, 0.2) is 48.5 Å². The van der Waals surface area contributed by atoms with E-state index < -0.39 is 6.04 Å². The summed E-state index contributed by atoms with van der Waals surface area (Å²) in [6.45, 7) is 10.6. The van der Waals surface area contributed by atoms with Crippen molar-refractivity contribution in [3.63, 3.8) is 0 Å². The molecule has 5 nitrogen and oxygen atoms in total. The summed E-state index contributed by atoms with van der Waals surface area (Å²) in [6, 6.07) is 14.4. The summed E-state index contributed by atoms with van der Waals surface area (Å²) in [4.78, 5) is 25.3. The van der Waals surface area contributed by atoms with E-state index in [9.17, 15) is 9.59 Å². The number of carbonyl (C=O) groups is 2. The van der Waals surface area contributed by atoms with E-state index in [0.29, 0.717) is 12.1 Å². The SMILES string of the molecule is COc1ccc(CNC(=O)[C@@H](NC(=O)c2ccc(C(C)(C)C)cc2)C(C)C)cc1. The Hall–Kier alpha value is -2.82. The van der Waals surface area contributed by atoms with Gasteiger partial charge in [-0.25, -0.2) is 0 Å². The highest BCUT2D eigenvalue weighted by molar-refractivity contribution is 5.97. The minimum Gasteiger partial charge on any atom is -0.497 e. The fourth-order valence-corrected chi connectivity index (χ4v) is 2.92. The average Bonchev–Trinajstić information content (AvgIpc) is 2.69. The quantitative estimate of drug-likeness (QED) is 0.741. The second kappa shape index (κ2) is 9.59. The van der Waals surface area contributed by atoms with Crippen LogP contribution in [0.1, 0.15) is 56.1 Å². The first kappa shape index (κ1) is 22.5. The molecule has 156 valence electrons. The highest BCUT2D eigenvalue weighted by Crippen LogP contribution is 2.22. The van der Waals surface area contributed by atoms with Gasteiger partial charge in [0.15, 0.2) is 0 Å². The number of hydrogen-bond donors (Lipinski definition) is 2. The molecule has 0 fully saturated rings. The molecule has 5 heteroatoms. The van der Waals surface area contributed by atoms with Gasteiger partial charge in [0.05, 0.1) is 7.11 Å². The Labute approximate surface area is 173 Å². The van der Waals surface area contributed by atoms with E-state index in [4.69, 9.17) is 4.74 Å². The molecule has 0 spiro atoms. The third-order valence-corrected chi connectivity index (χ3v) is 4.87. The molecule has 1 atom stereocenters. The topological polar surface area (TPSA) is 67.4 Å². The molecule has 0 bridgehead atoms. The number of methoxy groups -OCH3 is 1. The maximum absolute atomic E-state index is 12.7. The lowest BCUT2D eigenvalue weighted by molar-refractivity contribution is -0.124. The Morgan fingerprint density at radius 2 is 1.55 bits per heavy atom. The molecule has 2 N–H and O–H groups in total. The van der Waals surface area contributed by atoms with Gasteiger partial charge in [0.1, 0.15) is 11.8 Å². The van der Waals surface area contributed by atoms with Crippen LogP contribution in [0, 0.1) is 5.92 Å². The first-order chi connectivity index (χ1) is 13.6. The van der Waals surface area contributed by atoms with Crippen LogP contribution in [0.4, 0.5) is 0 Å². The molecule has 0 aromatic heterocycles. The fourth-order valence-electron chi connectivity index (χ4n) is 2.92. The van der Waals surface area contributed by atoms with Crippen LogP contribution >= 0.6 is 0 Å². The molecule has 0 aliphatic rings. The molecule has 2 rings (SSSR count). The Kier molecular flexibility index (Phi) is 7.43. The molecule has 2 aromatic carbocycles. The van der Waals surface area contributed by atoms with Crippen molar-refractivity contribution in [2.45, 2.75) is 52.6 Å². The lowest BCUT2D eigenvalue weighted by atomic mass is 9.86. The second-order valence-corrected chi connectivity index (χ2v) is 8.59. The maximum atomic E-state index is 12.7. The van der Waals surface area contributed by atoms with E-state index in [2.05, 4.69) is 31.4 Å². The van der Waals surface area contributed by atoms with Crippen molar-refractivity contribution in [3.8, 4) is 5.75 Å². The van der Waals surface area contributed by atoms with Crippen LogP contribution in [0.3, 0.4) is 0 Å². The first-order valence-electron chi connectivity index (χ1n) is 9.94. The fraction of sp³-hybridized carbons (Fsp3) is 0.417. The largest absolute Gasteiger partial charge is 0.497 e. The molecule has 2 aromatic rings. The molecule has 0 saturated carbocycles. The number of benzene rings is 2. The van der Waals surface area contributed by atoms with Crippen molar-refractivity contribution in [2.75, 3.05) is 7.11 Å². The molecular formula is C24H32N2O3. The molecule has 0 unspecified atom stereocenters. The zero-order valence-corrected chi connectivity index (χ0v) is 18.2. The van der Waals surface area contributed by atoms with Gasteiger partial charge < -0.3 is 15.4 Å². The third-order valence-electron chi connectivity index (χ3n) is 4.87. The van der Waals surface area contributed by atoms with Gasteiger partial charge in [-0.2, -0.15) is 0 Å².